The average Bonchev–Trinajstić information content (AvgIpc) is 2.14. The van der Waals surface area contributed by atoms with Gasteiger partial charge in [0.05, 0.1) is 0 Å². The summed E-state index contributed by atoms with van der Waals surface area (Å²) >= 11 is 6.01. The van der Waals surface area contributed by atoms with Crippen molar-refractivity contribution in [1.82, 2.24) is 0 Å². The Labute approximate surface area is 94.7 Å². The van der Waals surface area contributed by atoms with Gasteiger partial charge < -0.3 is 5.73 Å². The Balaban J connectivity index is 3.04. The maximum Gasteiger partial charge on any atom is 0.130 e. The summed E-state index contributed by atoms with van der Waals surface area (Å²) in [5.41, 5.74) is 5.41. The Kier molecular flexibility index (Phi) is 3.89. The topological polar surface area (TPSA) is 26.0 Å². The van der Waals surface area contributed by atoms with Crippen molar-refractivity contribution >= 4 is 17.7 Å². The van der Waals surface area contributed by atoms with E-state index in [2.05, 4.69) is 0 Å². The van der Waals surface area contributed by atoms with Gasteiger partial charge >= 0.3 is 0 Å². The number of benzene rings is 1. The van der Waals surface area contributed by atoms with Crippen LogP contribution in [0.5, 0.6) is 0 Å². The molecule has 0 spiro atoms. The third-order valence-corrected chi connectivity index (χ3v) is 2.45. The lowest BCUT2D eigenvalue weighted by atomic mass is 9.99. The van der Waals surface area contributed by atoms with E-state index >= 15 is 0 Å². The van der Waals surface area contributed by atoms with Crippen LogP contribution in [-0.4, -0.2) is 6.54 Å². The van der Waals surface area contributed by atoms with Crippen LogP contribution in [0.2, 0.25) is 5.02 Å². The fourth-order valence-electron chi connectivity index (χ4n) is 1.23. The van der Waals surface area contributed by atoms with Crippen molar-refractivity contribution in [2.45, 2.75) is 19.5 Å². The molecule has 0 saturated heterocycles. The van der Waals surface area contributed by atoms with Gasteiger partial charge in [0.1, 0.15) is 5.67 Å². The van der Waals surface area contributed by atoms with E-state index in [-0.39, 0.29) is 0 Å². The van der Waals surface area contributed by atoms with Crippen molar-refractivity contribution in [3.05, 3.63) is 40.4 Å². The van der Waals surface area contributed by atoms with Gasteiger partial charge in [0, 0.05) is 11.6 Å². The molecule has 0 aliphatic rings. The van der Waals surface area contributed by atoms with E-state index in [1.54, 1.807) is 18.2 Å². The third-order valence-electron chi connectivity index (χ3n) is 2.12. The predicted molar refractivity (Wildman–Crippen MR) is 63.7 cm³/mol. The zero-order valence-corrected chi connectivity index (χ0v) is 9.68. The van der Waals surface area contributed by atoms with Gasteiger partial charge in [0.2, 0.25) is 0 Å². The third kappa shape index (κ3) is 3.33. The highest BCUT2D eigenvalue weighted by Gasteiger charge is 2.19. The maximum atomic E-state index is 13.6. The SMILES string of the molecule is CC(C)(F)c1ccc(/C=C/CN)c(Cl)c1. The lowest BCUT2D eigenvalue weighted by Crippen LogP contribution is -2.08. The second kappa shape index (κ2) is 4.77. The highest BCUT2D eigenvalue weighted by atomic mass is 35.5. The van der Waals surface area contributed by atoms with Crippen LogP contribution in [0.3, 0.4) is 0 Å². The second-order valence-electron chi connectivity index (χ2n) is 3.85. The van der Waals surface area contributed by atoms with Crippen LogP contribution in [-0.2, 0) is 5.67 Å². The Hall–Kier alpha value is -0.860. The minimum atomic E-state index is -1.36. The summed E-state index contributed by atoms with van der Waals surface area (Å²) < 4.78 is 13.6. The molecule has 82 valence electrons. The lowest BCUT2D eigenvalue weighted by molar-refractivity contribution is 0.221. The van der Waals surface area contributed by atoms with Crippen molar-refractivity contribution < 1.29 is 4.39 Å². The summed E-state index contributed by atoms with van der Waals surface area (Å²) in [4.78, 5) is 0. The molecule has 0 heterocycles. The van der Waals surface area contributed by atoms with Gasteiger partial charge in [-0.1, -0.05) is 35.9 Å². The van der Waals surface area contributed by atoms with E-state index < -0.39 is 5.67 Å². The summed E-state index contributed by atoms with van der Waals surface area (Å²) in [5.74, 6) is 0. The van der Waals surface area contributed by atoms with Crippen LogP contribution in [0.1, 0.15) is 25.0 Å². The molecule has 0 bridgehead atoms. The first-order chi connectivity index (χ1) is 6.95. The van der Waals surface area contributed by atoms with Gasteiger partial charge in [-0.25, -0.2) is 4.39 Å². The average molecular weight is 228 g/mol. The molecule has 3 heteroatoms. The van der Waals surface area contributed by atoms with Crippen molar-refractivity contribution in [2.24, 2.45) is 5.73 Å². The first-order valence-corrected chi connectivity index (χ1v) is 5.18. The molecule has 0 aliphatic heterocycles. The van der Waals surface area contributed by atoms with E-state index in [0.717, 1.165) is 5.56 Å². The van der Waals surface area contributed by atoms with Crippen molar-refractivity contribution in [3.8, 4) is 0 Å². The van der Waals surface area contributed by atoms with Crippen molar-refractivity contribution in [1.29, 1.82) is 0 Å². The van der Waals surface area contributed by atoms with Crippen LogP contribution in [0.4, 0.5) is 4.39 Å². The maximum absolute atomic E-state index is 13.6. The predicted octanol–water partition coefficient (Wildman–Crippen LogP) is 3.52. The largest absolute Gasteiger partial charge is 0.327 e. The molecule has 0 saturated carbocycles. The molecule has 1 aromatic carbocycles. The fraction of sp³-hybridized carbons (Fsp3) is 0.333. The van der Waals surface area contributed by atoms with E-state index in [4.69, 9.17) is 17.3 Å². The quantitative estimate of drug-likeness (QED) is 0.840. The number of hydrogen-bond donors (Lipinski definition) is 1. The molecule has 1 aromatic rings. The highest BCUT2D eigenvalue weighted by Crippen LogP contribution is 2.28. The summed E-state index contributed by atoms with van der Waals surface area (Å²) in [7, 11) is 0. The minimum absolute atomic E-state index is 0.465. The Morgan fingerprint density at radius 2 is 2.13 bits per heavy atom. The monoisotopic (exact) mass is 227 g/mol. The summed E-state index contributed by atoms with van der Waals surface area (Å²) in [6, 6.07) is 5.19. The van der Waals surface area contributed by atoms with Gasteiger partial charge in [-0.05, 0) is 31.0 Å². The van der Waals surface area contributed by atoms with Crippen molar-refractivity contribution in [2.75, 3.05) is 6.54 Å². The smallest absolute Gasteiger partial charge is 0.130 e. The van der Waals surface area contributed by atoms with Crippen LogP contribution >= 0.6 is 11.6 Å². The second-order valence-corrected chi connectivity index (χ2v) is 4.25. The minimum Gasteiger partial charge on any atom is -0.327 e. The van der Waals surface area contributed by atoms with E-state index in [1.807, 2.05) is 12.2 Å². The number of rotatable bonds is 3. The van der Waals surface area contributed by atoms with Gasteiger partial charge in [-0.3, -0.25) is 0 Å². The summed E-state index contributed by atoms with van der Waals surface area (Å²) in [6.07, 6.45) is 3.64. The summed E-state index contributed by atoms with van der Waals surface area (Å²) in [6.45, 7) is 3.48. The molecule has 15 heavy (non-hydrogen) atoms. The van der Waals surface area contributed by atoms with Crippen LogP contribution in [0, 0.1) is 0 Å². The highest BCUT2D eigenvalue weighted by molar-refractivity contribution is 6.32. The molecule has 2 N–H and O–H groups in total. The Morgan fingerprint density at radius 1 is 1.47 bits per heavy atom. The molecule has 0 radical (unpaired) electrons. The molecule has 0 aromatic heterocycles. The molecular weight excluding hydrogens is 213 g/mol. The Bertz CT molecular complexity index is 366. The van der Waals surface area contributed by atoms with E-state index in [9.17, 15) is 4.39 Å². The van der Waals surface area contributed by atoms with Crippen molar-refractivity contribution in [3.63, 3.8) is 0 Å². The molecule has 0 unspecified atom stereocenters. The summed E-state index contributed by atoms with van der Waals surface area (Å²) in [5, 5.41) is 0.544. The van der Waals surface area contributed by atoms with Crippen LogP contribution in [0.15, 0.2) is 24.3 Å². The molecule has 1 rings (SSSR count). The van der Waals surface area contributed by atoms with Crippen LogP contribution < -0.4 is 5.73 Å². The zero-order chi connectivity index (χ0) is 11.5. The number of nitrogens with two attached hydrogens (primary N) is 1. The van der Waals surface area contributed by atoms with Gasteiger partial charge in [0.25, 0.3) is 0 Å². The fourth-order valence-corrected chi connectivity index (χ4v) is 1.47. The van der Waals surface area contributed by atoms with Gasteiger partial charge in [0.15, 0.2) is 0 Å². The first kappa shape index (κ1) is 12.2. The standard InChI is InChI=1S/C12H15ClFN/c1-12(2,14)10-6-5-9(4-3-7-15)11(13)8-10/h3-6,8H,7,15H2,1-2H3/b4-3+. The first-order valence-electron chi connectivity index (χ1n) is 4.80. The number of alkyl halides is 1. The molecular formula is C12H15ClFN. The van der Waals surface area contributed by atoms with E-state index in [0.29, 0.717) is 17.1 Å². The van der Waals surface area contributed by atoms with Crippen LogP contribution in [0.25, 0.3) is 6.08 Å². The molecule has 0 amide bonds. The van der Waals surface area contributed by atoms with E-state index in [1.165, 1.54) is 13.8 Å². The normalized spacial score (nSPS) is 12.3. The molecule has 1 nitrogen and oxygen atoms in total. The van der Waals surface area contributed by atoms with Gasteiger partial charge in [-0.15, -0.1) is 0 Å². The van der Waals surface area contributed by atoms with Gasteiger partial charge in [-0.2, -0.15) is 0 Å². The Morgan fingerprint density at radius 3 is 2.60 bits per heavy atom. The molecule has 0 fully saturated rings. The molecule has 0 atom stereocenters. The number of hydrogen-bond acceptors (Lipinski definition) is 1. The zero-order valence-electron chi connectivity index (χ0n) is 8.93. The lowest BCUT2D eigenvalue weighted by Gasteiger charge is -2.15. The number of halogens is 2. The molecule has 0 aliphatic carbocycles.